The fraction of sp³-hybridized carbons (Fsp3) is 0.357. The molecule has 194 valence electrons. The summed E-state index contributed by atoms with van der Waals surface area (Å²) in [5, 5.41) is 12.3. The fourth-order valence-electron chi connectivity index (χ4n) is 4.55. The Morgan fingerprint density at radius 3 is 2.54 bits per heavy atom. The molecule has 2 aromatic carbocycles. The van der Waals surface area contributed by atoms with Crippen molar-refractivity contribution in [1.82, 2.24) is 14.9 Å². The summed E-state index contributed by atoms with van der Waals surface area (Å²) in [6.45, 7) is 5.34. The van der Waals surface area contributed by atoms with Crippen LogP contribution in [0.3, 0.4) is 0 Å². The predicted octanol–water partition coefficient (Wildman–Crippen LogP) is 4.04. The topological polar surface area (TPSA) is 143 Å². The molecular weight excluding hydrogens is 466 g/mol. The van der Waals surface area contributed by atoms with Crippen LogP contribution in [0, 0.1) is 11.3 Å². The van der Waals surface area contributed by atoms with Gasteiger partial charge in [-0.05, 0) is 61.6 Å². The number of nitrogens with two attached hydrogens (primary N) is 2. The van der Waals surface area contributed by atoms with E-state index in [4.69, 9.17) is 21.6 Å². The van der Waals surface area contributed by atoms with Crippen LogP contribution in [0.5, 0.6) is 11.5 Å². The molecule has 1 aromatic heterocycles. The Bertz CT molecular complexity index is 1210. The average molecular weight is 502 g/mol. The van der Waals surface area contributed by atoms with Gasteiger partial charge >= 0.3 is 0 Å². The molecule has 0 spiro atoms. The molecule has 37 heavy (non-hydrogen) atoms. The maximum Gasteiger partial charge on any atom is 0.239 e. The Labute approximate surface area is 217 Å². The molecule has 3 aromatic rings. The van der Waals surface area contributed by atoms with Gasteiger partial charge in [0.25, 0.3) is 0 Å². The zero-order chi connectivity index (χ0) is 26.4. The van der Waals surface area contributed by atoms with Gasteiger partial charge < -0.3 is 26.4 Å². The summed E-state index contributed by atoms with van der Waals surface area (Å²) in [6.07, 6.45) is 3.77. The van der Waals surface area contributed by atoms with Gasteiger partial charge in [0.2, 0.25) is 5.91 Å². The number of nitrogens with zero attached hydrogens (tertiary/aromatic N) is 3. The van der Waals surface area contributed by atoms with Crippen LogP contribution in [0.1, 0.15) is 44.2 Å². The van der Waals surface area contributed by atoms with Gasteiger partial charge in [0, 0.05) is 24.7 Å². The van der Waals surface area contributed by atoms with Crippen molar-refractivity contribution in [3.63, 3.8) is 0 Å². The average Bonchev–Trinajstić information content (AvgIpc) is 2.89. The standard InChI is InChI=1S/C28H35N7O2/c1-18(2)15-23(29)28(36)35-14-6-7-20(16-35)34-27-24(26(31)32-17-33-27)25(30)19-10-12-22(13-11-19)37-21-8-4-3-5-9-21/h3-5,8-13,17-18,20,23,30H,6-7,14-16,29H2,1-2H3,(H3,31,32,33,34). The second-order valence-corrected chi connectivity index (χ2v) is 9.80. The zero-order valence-electron chi connectivity index (χ0n) is 21.4. The molecule has 0 aliphatic carbocycles. The molecular formula is C28H35N7O2. The number of rotatable bonds is 9. The third-order valence-electron chi connectivity index (χ3n) is 6.36. The van der Waals surface area contributed by atoms with E-state index < -0.39 is 6.04 Å². The summed E-state index contributed by atoms with van der Waals surface area (Å²) in [6, 6.07) is 16.2. The number of nitrogens with one attached hydrogen (secondary N) is 2. The lowest BCUT2D eigenvalue weighted by molar-refractivity contribution is -0.134. The number of amides is 1. The van der Waals surface area contributed by atoms with E-state index in [1.807, 2.05) is 59.5 Å². The quantitative estimate of drug-likeness (QED) is 0.324. The predicted molar refractivity (Wildman–Crippen MR) is 146 cm³/mol. The van der Waals surface area contributed by atoms with E-state index in [2.05, 4.69) is 29.1 Å². The Morgan fingerprint density at radius 1 is 1.14 bits per heavy atom. The van der Waals surface area contributed by atoms with E-state index in [0.717, 1.165) is 18.6 Å². The summed E-state index contributed by atoms with van der Waals surface area (Å²) in [5.41, 5.74) is 13.7. The lowest BCUT2D eigenvalue weighted by Gasteiger charge is -2.35. The lowest BCUT2D eigenvalue weighted by atomic mass is 10.00. The van der Waals surface area contributed by atoms with Crippen LogP contribution in [0.4, 0.5) is 11.6 Å². The summed E-state index contributed by atoms with van der Waals surface area (Å²) in [7, 11) is 0. The maximum absolute atomic E-state index is 12.9. The zero-order valence-corrected chi connectivity index (χ0v) is 21.4. The molecule has 9 heteroatoms. The van der Waals surface area contributed by atoms with Crippen molar-refractivity contribution < 1.29 is 9.53 Å². The number of ether oxygens (including phenoxy) is 1. The third-order valence-corrected chi connectivity index (χ3v) is 6.36. The molecule has 1 saturated heterocycles. The van der Waals surface area contributed by atoms with E-state index in [9.17, 15) is 4.79 Å². The summed E-state index contributed by atoms with van der Waals surface area (Å²) in [4.78, 5) is 23.2. The first-order valence-corrected chi connectivity index (χ1v) is 12.7. The molecule has 0 radical (unpaired) electrons. The largest absolute Gasteiger partial charge is 0.457 e. The highest BCUT2D eigenvalue weighted by atomic mass is 16.5. The lowest BCUT2D eigenvalue weighted by Crippen LogP contribution is -2.51. The number of carbonyl (C=O) groups excluding carboxylic acids is 1. The van der Waals surface area contributed by atoms with Gasteiger partial charge in [0.15, 0.2) is 0 Å². The SMILES string of the molecule is CC(C)CC(N)C(=O)N1CCCC(Nc2ncnc(N)c2C(=N)c2ccc(Oc3ccccc3)cc2)C1. The number of nitrogen functional groups attached to an aromatic ring is 1. The first-order chi connectivity index (χ1) is 17.8. The van der Waals surface area contributed by atoms with Crippen LogP contribution in [-0.2, 0) is 4.79 Å². The van der Waals surface area contributed by atoms with Gasteiger partial charge in [-0.25, -0.2) is 9.97 Å². The number of hydrogen-bond acceptors (Lipinski definition) is 8. The van der Waals surface area contributed by atoms with Crippen molar-refractivity contribution in [1.29, 1.82) is 5.41 Å². The number of anilines is 2. The van der Waals surface area contributed by atoms with Gasteiger partial charge in [-0.1, -0.05) is 32.0 Å². The van der Waals surface area contributed by atoms with Crippen molar-refractivity contribution in [2.45, 2.75) is 45.2 Å². The highest BCUT2D eigenvalue weighted by Gasteiger charge is 2.28. The minimum atomic E-state index is -0.494. The van der Waals surface area contributed by atoms with E-state index in [1.54, 1.807) is 0 Å². The Balaban J connectivity index is 1.47. The number of carbonyl (C=O) groups is 1. The van der Waals surface area contributed by atoms with Crippen molar-refractivity contribution in [2.75, 3.05) is 24.1 Å². The van der Waals surface area contributed by atoms with Crippen LogP contribution in [0.2, 0.25) is 0 Å². The van der Waals surface area contributed by atoms with Gasteiger partial charge in [0.05, 0.1) is 17.3 Å². The molecule has 9 nitrogen and oxygen atoms in total. The number of piperidine rings is 1. The molecule has 6 N–H and O–H groups in total. The van der Waals surface area contributed by atoms with Crippen molar-refractivity contribution in [2.24, 2.45) is 11.7 Å². The van der Waals surface area contributed by atoms with Crippen molar-refractivity contribution in [3.05, 3.63) is 72.1 Å². The highest BCUT2D eigenvalue weighted by Crippen LogP contribution is 2.26. The first kappa shape index (κ1) is 26.1. The molecule has 2 unspecified atom stereocenters. The minimum Gasteiger partial charge on any atom is -0.457 e. The first-order valence-electron chi connectivity index (χ1n) is 12.7. The molecule has 1 amide bonds. The Hall–Kier alpha value is -3.98. The number of likely N-dealkylation sites (tertiary alicyclic amines) is 1. The second kappa shape index (κ2) is 11.8. The highest BCUT2D eigenvalue weighted by molar-refractivity contribution is 6.16. The van der Waals surface area contributed by atoms with E-state index in [1.165, 1.54) is 6.33 Å². The fourth-order valence-corrected chi connectivity index (χ4v) is 4.55. The van der Waals surface area contributed by atoms with Crippen molar-refractivity contribution >= 4 is 23.3 Å². The normalized spacial score (nSPS) is 16.3. The number of benzene rings is 2. The molecule has 2 heterocycles. The smallest absolute Gasteiger partial charge is 0.239 e. The number of aromatic nitrogens is 2. The van der Waals surface area contributed by atoms with Crippen LogP contribution in [0.15, 0.2) is 60.9 Å². The molecule has 4 rings (SSSR count). The second-order valence-electron chi connectivity index (χ2n) is 9.80. The third kappa shape index (κ3) is 6.62. The van der Waals surface area contributed by atoms with E-state index >= 15 is 0 Å². The summed E-state index contributed by atoms with van der Waals surface area (Å²) < 4.78 is 5.86. The van der Waals surface area contributed by atoms with Crippen LogP contribution < -0.4 is 21.5 Å². The van der Waals surface area contributed by atoms with E-state index in [-0.39, 0.29) is 23.5 Å². The molecule has 0 bridgehead atoms. The molecule has 1 aliphatic heterocycles. The molecule has 1 aliphatic rings. The number of hydrogen-bond donors (Lipinski definition) is 4. The van der Waals surface area contributed by atoms with Crippen LogP contribution in [0.25, 0.3) is 0 Å². The molecule has 1 fully saturated rings. The van der Waals surface area contributed by atoms with Crippen molar-refractivity contribution in [3.8, 4) is 11.5 Å². The molecule has 0 saturated carbocycles. The minimum absolute atomic E-state index is 0.0202. The monoisotopic (exact) mass is 501 g/mol. The summed E-state index contributed by atoms with van der Waals surface area (Å²) in [5.74, 6) is 2.44. The Morgan fingerprint density at radius 2 is 1.84 bits per heavy atom. The van der Waals surface area contributed by atoms with Crippen LogP contribution >= 0.6 is 0 Å². The van der Waals surface area contributed by atoms with Crippen LogP contribution in [-0.4, -0.2) is 51.7 Å². The molecule has 2 atom stereocenters. The number of para-hydroxylation sites is 1. The maximum atomic E-state index is 12.9. The van der Waals surface area contributed by atoms with Gasteiger partial charge in [-0.3, -0.25) is 10.2 Å². The van der Waals surface area contributed by atoms with Gasteiger partial charge in [-0.15, -0.1) is 0 Å². The summed E-state index contributed by atoms with van der Waals surface area (Å²) >= 11 is 0. The van der Waals surface area contributed by atoms with E-state index in [0.29, 0.717) is 48.1 Å². The Kier molecular flexibility index (Phi) is 8.35. The van der Waals surface area contributed by atoms with Gasteiger partial charge in [0.1, 0.15) is 29.5 Å². The van der Waals surface area contributed by atoms with Gasteiger partial charge in [-0.2, -0.15) is 0 Å².